The average molecular weight is 321 g/mol. The number of anilines is 1. The summed E-state index contributed by atoms with van der Waals surface area (Å²) in [6.07, 6.45) is -0.287. The molecule has 1 N–H and O–H groups in total. The molecule has 5 nitrogen and oxygen atoms in total. The molecule has 1 rings (SSSR count). The molecule has 0 spiro atoms. The predicted octanol–water partition coefficient (Wildman–Crippen LogP) is 4.15. The standard InChI is InChI=1S/C18H31N3O2/c1-13-9-10-15(14(2)20-13)19-11-12-21(17(3,4)5)16(22)23-18(6,7)8/h9-10,19H,11-12H2,1-8H3. The first-order valence-corrected chi connectivity index (χ1v) is 8.09. The third-order valence-electron chi connectivity index (χ3n) is 3.30. The molecule has 1 amide bonds. The van der Waals surface area contributed by atoms with Gasteiger partial charge in [0.1, 0.15) is 5.60 Å². The van der Waals surface area contributed by atoms with Gasteiger partial charge < -0.3 is 15.0 Å². The summed E-state index contributed by atoms with van der Waals surface area (Å²) >= 11 is 0. The molecule has 0 saturated heterocycles. The highest BCUT2D eigenvalue weighted by Crippen LogP contribution is 2.19. The minimum absolute atomic E-state index is 0.287. The van der Waals surface area contributed by atoms with Gasteiger partial charge in [-0.25, -0.2) is 4.79 Å². The predicted molar refractivity (Wildman–Crippen MR) is 94.9 cm³/mol. The summed E-state index contributed by atoms with van der Waals surface area (Å²) in [5, 5.41) is 3.35. The zero-order chi connectivity index (χ0) is 17.8. The van der Waals surface area contributed by atoms with Crippen molar-refractivity contribution in [2.45, 2.75) is 66.5 Å². The topological polar surface area (TPSA) is 54.5 Å². The number of amides is 1. The Morgan fingerprint density at radius 1 is 1.17 bits per heavy atom. The second kappa shape index (κ2) is 7.20. The molecule has 130 valence electrons. The average Bonchev–Trinajstić information content (AvgIpc) is 2.32. The summed E-state index contributed by atoms with van der Waals surface area (Å²) in [6.45, 7) is 16.8. The number of pyridine rings is 1. The van der Waals surface area contributed by atoms with Crippen LogP contribution in [-0.4, -0.2) is 40.2 Å². The number of carbonyl (C=O) groups is 1. The minimum Gasteiger partial charge on any atom is -0.444 e. The molecule has 0 saturated carbocycles. The lowest BCUT2D eigenvalue weighted by atomic mass is 10.1. The number of nitrogens with zero attached hydrogens (tertiary/aromatic N) is 2. The Hall–Kier alpha value is -1.78. The smallest absolute Gasteiger partial charge is 0.410 e. The van der Waals surface area contributed by atoms with Crippen molar-refractivity contribution in [1.29, 1.82) is 0 Å². The van der Waals surface area contributed by atoms with Crippen LogP contribution < -0.4 is 5.32 Å². The molecule has 0 unspecified atom stereocenters. The Kier molecular flexibility index (Phi) is 6.03. The van der Waals surface area contributed by atoms with Crippen LogP contribution in [0.4, 0.5) is 10.5 Å². The molecule has 23 heavy (non-hydrogen) atoms. The van der Waals surface area contributed by atoms with E-state index in [0.29, 0.717) is 13.1 Å². The lowest BCUT2D eigenvalue weighted by Crippen LogP contribution is -2.49. The fourth-order valence-electron chi connectivity index (χ4n) is 2.19. The van der Waals surface area contributed by atoms with E-state index in [0.717, 1.165) is 17.1 Å². The second-order valence-electron chi connectivity index (χ2n) is 7.82. The van der Waals surface area contributed by atoms with Crippen LogP contribution in [0.25, 0.3) is 0 Å². The Bertz CT molecular complexity index is 542. The fourth-order valence-corrected chi connectivity index (χ4v) is 2.19. The first kappa shape index (κ1) is 19.3. The molecule has 1 heterocycles. The monoisotopic (exact) mass is 321 g/mol. The van der Waals surface area contributed by atoms with Gasteiger partial charge in [0.2, 0.25) is 0 Å². The summed E-state index contributed by atoms with van der Waals surface area (Å²) in [5.74, 6) is 0. The summed E-state index contributed by atoms with van der Waals surface area (Å²) in [6, 6.07) is 4.00. The SMILES string of the molecule is Cc1ccc(NCCN(C(=O)OC(C)(C)C)C(C)(C)C)c(C)n1. The van der Waals surface area contributed by atoms with E-state index >= 15 is 0 Å². The maximum Gasteiger partial charge on any atom is 0.410 e. The van der Waals surface area contributed by atoms with Crippen molar-refractivity contribution in [3.63, 3.8) is 0 Å². The van der Waals surface area contributed by atoms with Gasteiger partial charge in [-0.05, 0) is 67.5 Å². The molecular weight excluding hydrogens is 290 g/mol. The molecule has 0 atom stereocenters. The molecule has 0 aliphatic rings. The van der Waals surface area contributed by atoms with Crippen molar-refractivity contribution in [3.8, 4) is 0 Å². The van der Waals surface area contributed by atoms with E-state index in [4.69, 9.17) is 4.74 Å². The van der Waals surface area contributed by atoms with Crippen LogP contribution in [0.15, 0.2) is 12.1 Å². The van der Waals surface area contributed by atoms with Gasteiger partial charge in [0.25, 0.3) is 0 Å². The largest absolute Gasteiger partial charge is 0.444 e. The van der Waals surface area contributed by atoms with E-state index in [9.17, 15) is 4.79 Å². The van der Waals surface area contributed by atoms with Gasteiger partial charge in [0, 0.05) is 24.3 Å². The molecule has 1 aromatic rings. The number of carbonyl (C=O) groups excluding carboxylic acids is 1. The van der Waals surface area contributed by atoms with Crippen molar-refractivity contribution in [2.24, 2.45) is 0 Å². The number of hydrogen-bond acceptors (Lipinski definition) is 4. The van der Waals surface area contributed by atoms with Gasteiger partial charge in [0.05, 0.1) is 11.4 Å². The van der Waals surface area contributed by atoms with Gasteiger partial charge in [-0.1, -0.05) is 0 Å². The molecular formula is C18H31N3O2. The molecule has 0 bridgehead atoms. The lowest BCUT2D eigenvalue weighted by molar-refractivity contribution is 0.00749. The van der Waals surface area contributed by atoms with Crippen LogP contribution >= 0.6 is 0 Å². The van der Waals surface area contributed by atoms with E-state index in [1.165, 1.54) is 0 Å². The van der Waals surface area contributed by atoms with E-state index < -0.39 is 5.60 Å². The Labute approximate surface area is 140 Å². The van der Waals surface area contributed by atoms with Crippen molar-refractivity contribution >= 4 is 11.8 Å². The van der Waals surface area contributed by atoms with Gasteiger partial charge >= 0.3 is 6.09 Å². The summed E-state index contributed by atoms with van der Waals surface area (Å²) in [7, 11) is 0. The highest BCUT2D eigenvalue weighted by Gasteiger charge is 2.30. The van der Waals surface area contributed by atoms with Crippen LogP contribution in [-0.2, 0) is 4.74 Å². The second-order valence-corrected chi connectivity index (χ2v) is 7.82. The third kappa shape index (κ3) is 6.47. The van der Waals surface area contributed by atoms with Crippen molar-refractivity contribution in [3.05, 3.63) is 23.5 Å². The molecule has 0 aliphatic carbocycles. The Morgan fingerprint density at radius 2 is 1.78 bits per heavy atom. The van der Waals surface area contributed by atoms with E-state index in [-0.39, 0.29) is 11.6 Å². The van der Waals surface area contributed by atoms with Crippen molar-refractivity contribution < 1.29 is 9.53 Å². The van der Waals surface area contributed by atoms with Gasteiger partial charge in [0.15, 0.2) is 0 Å². The summed E-state index contributed by atoms with van der Waals surface area (Å²) < 4.78 is 5.52. The number of nitrogens with one attached hydrogen (secondary N) is 1. The molecule has 0 aromatic carbocycles. The number of aromatic nitrogens is 1. The minimum atomic E-state index is -0.495. The first-order valence-electron chi connectivity index (χ1n) is 8.09. The molecule has 0 fully saturated rings. The first-order chi connectivity index (χ1) is 10.4. The zero-order valence-corrected chi connectivity index (χ0v) is 15.8. The van der Waals surface area contributed by atoms with E-state index in [1.54, 1.807) is 4.90 Å². The van der Waals surface area contributed by atoms with Crippen LogP contribution in [0, 0.1) is 13.8 Å². The molecule has 0 radical (unpaired) electrons. The number of rotatable bonds is 4. The lowest BCUT2D eigenvalue weighted by Gasteiger charge is -2.37. The molecule has 0 aliphatic heterocycles. The normalized spacial score (nSPS) is 12.0. The number of hydrogen-bond donors (Lipinski definition) is 1. The van der Waals surface area contributed by atoms with Crippen LogP contribution in [0.1, 0.15) is 52.9 Å². The summed E-state index contributed by atoms with van der Waals surface area (Å²) in [5.41, 5.74) is 2.16. The van der Waals surface area contributed by atoms with Gasteiger partial charge in [-0.3, -0.25) is 4.98 Å². The van der Waals surface area contributed by atoms with E-state index in [1.807, 2.05) is 67.5 Å². The maximum absolute atomic E-state index is 12.4. The number of ether oxygens (including phenoxy) is 1. The van der Waals surface area contributed by atoms with Crippen LogP contribution in [0.2, 0.25) is 0 Å². The van der Waals surface area contributed by atoms with Crippen LogP contribution in [0.3, 0.4) is 0 Å². The maximum atomic E-state index is 12.4. The summed E-state index contributed by atoms with van der Waals surface area (Å²) in [4.78, 5) is 18.6. The quantitative estimate of drug-likeness (QED) is 0.905. The van der Waals surface area contributed by atoms with Crippen molar-refractivity contribution in [1.82, 2.24) is 9.88 Å². The fraction of sp³-hybridized carbons (Fsp3) is 0.667. The van der Waals surface area contributed by atoms with Crippen molar-refractivity contribution in [2.75, 3.05) is 18.4 Å². The highest BCUT2D eigenvalue weighted by molar-refractivity contribution is 5.69. The zero-order valence-electron chi connectivity index (χ0n) is 15.8. The Morgan fingerprint density at radius 3 is 2.26 bits per heavy atom. The van der Waals surface area contributed by atoms with E-state index in [2.05, 4.69) is 10.3 Å². The van der Waals surface area contributed by atoms with Gasteiger partial charge in [-0.2, -0.15) is 0 Å². The highest BCUT2D eigenvalue weighted by atomic mass is 16.6. The molecule has 1 aromatic heterocycles. The van der Waals surface area contributed by atoms with Gasteiger partial charge in [-0.15, -0.1) is 0 Å². The Balaban J connectivity index is 2.70. The van der Waals surface area contributed by atoms with Crippen LogP contribution in [0.5, 0.6) is 0 Å². The third-order valence-corrected chi connectivity index (χ3v) is 3.30. The number of aryl methyl sites for hydroxylation is 2. The molecule has 5 heteroatoms.